The Morgan fingerprint density at radius 2 is 1.62 bits per heavy atom. The van der Waals surface area contributed by atoms with Crippen LogP contribution in [0.5, 0.6) is 0 Å². The molecule has 2 aliphatic rings. The third-order valence-corrected chi connectivity index (χ3v) is 6.89. The summed E-state index contributed by atoms with van der Waals surface area (Å²) < 4.78 is 27.9. The largest absolute Gasteiger partial charge is 0.294 e. The van der Waals surface area contributed by atoms with Gasteiger partial charge >= 0.3 is 0 Å². The summed E-state index contributed by atoms with van der Waals surface area (Å²) in [6, 6.07) is 15.2. The molecule has 2 aromatic rings. The van der Waals surface area contributed by atoms with Crippen molar-refractivity contribution in [1.29, 1.82) is 0 Å². The third-order valence-electron chi connectivity index (χ3n) is 5.09. The molecule has 0 radical (unpaired) electrons. The number of hydrogen-bond acceptors (Lipinski definition) is 3. The van der Waals surface area contributed by atoms with Gasteiger partial charge in [-0.05, 0) is 56.6 Å². The van der Waals surface area contributed by atoms with E-state index in [0.29, 0.717) is 11.4 Å². The lowest BCUT2D eigenvalue weighted by Crippen LogP contribution is -2.34. The van der Waals surface area contributed by atoms with Crippen molar-refractivity contribution in [2.24, 2.45) is 0 Å². The smallest absolute Gasteiger partial charge is 0.264 e. The fourth-order valence-corrected chi connectivity index (χ4v) is 5.28. The van der Waals surface area contributed by atoms with E-state index in [2.05, 4.69) is 11.0 Å². The van der Waals surface area contributed by atoms with Crippen LogP contribution in [0.25, 0.3) is 0 Å². The van der Waals surface area contributed by atoms with Gasteiger partial charge in [0.25, 0.3) is 10.0 Å². The molecule has 0 unspecified atom stereocenters. The van der Waals surface area contributed by atoms with E-state index in [-0.39, 0.29) is 6.04 Å². The first-order valence-electron chi connectivity index (χ1n) is 8.50. The van der Waals surface area contributed by atoms with Crippen molar-refractivity contribution in [2.45, 2.75) is 30.7 Å². The number of likely N-dealkylation sites (tertiary alicyclic amines) is 1. The van der Waals surface area contributed by atoms with Gasteiger partial charge in [-0.15, -0.1) is 0 Å². The quantitative estimate of drug-likeness (QED) is 0.859. The molecule has 1 saturated heterocycles. The zero-order valence-electron chi connectivity index (χ0n) is 13.9. The van der Waals surface area contributed by atoms with Crippen LogP contribution >= 0.6 is 0 Å². The first-order valence-corrected chi connectivity index (χ1v) is 9.94. The summed E-state index contributed by atoms with van der Waals surface area (Å²) in [6.45, 7) is 4.58. The number of nitrogens with zero attached hydrogens (tertiary/aromatic N) is 2. The number of hydrogen-bond donors (Lipinski definition) is 0. The van der Waals surface area contributed by atoms with Crippen LogP contribution in [-0.2, 0) is 10.0 Å². The van der Waals surface area contributed by atoms with E-state index in [1.807, 2.05) is 37.3 Å². The number of anilines is 1. The minimum absolute atomic E-state index is 0.170. The molecule has 0 amide bonds. The summed E-state index contributed by atoms with van der Waals surface area (Å²) in [5.41, 5.74) is 3.02. The molecule has 4 nitrogen and oxygen atoms in total. The zero-order chi connectivity index (χ0) is 16.7. The van der Waals surface area contributed by atoms with Crippen molar-refractivity contribution in [3.8, 4) is 0 Å². The molecular weight excluding hydrogens is 320 g/mol. The van der Waals surface area contributed by atoms with E-state index >= 15 is 0 Å². The maximum absolute atomic E-state index is 13.2. The molecule has 2 heterocycles. The van der Waals surface area contributed by atoms with Crippen molar-refractivity contribution in [3.63, 3.8) is 0 Å². The van der Waals surface area contributed by atoms with Gasteiger partial charge < -0.3 is 0 Å². The van der Waals surface area contributed by atoms with Gasteiger partial charge in [-0.2, -0.15) is 0 Å². The average molecular weight is 342 g/mol. The molecule has 5 heteroatoms. The fraction of sp³-hybridized carbons (Fsp3) is 0.368. The first kappa shape index (κ1) is 15.7. The Morgan fingerprint density at radius 3 is 2.33 bits per heavy atom. The molecule has 0 aromatic heterocycles. The lowest BCUT2D eigenvalue weighted by Gasteiger charge is -2.25. The predicted molar refractivity (Wildman–Crippen MR) is 95.7 cm³/mol. The molecule has 1 fully saturated rings. The Bertz CT molecular complexity index is 840. The molecule has 24 heavy (non-hydrogen) atoms. The van der Waals surface area contributed by atoms with Crippen molar-refractivity contribution < 1.29 is 8.42 Å². The molecule has 4 rings (SSSR count). The Hall–Kier alpha value is -1.85. The van der Waals surface area contributed by atoms with E-state index in [9.17, 15) is 8.42 Å². The molecule has 126 valence electrons. The van der Waals surface area contributed by atoms with Crippen molar-refractivity contribution >= 4 is 15.7 Å². The summed E-state index contributed by atoms with van der Waals surface area (Å²) in [4.78, 5) is 2.79. The highest BCUT2D eigenvalue weighted by molar-refractivity contribution is 7.92. The van der Waals surface area contributed by atoms with E-state index < -0.39 is 10.0 Å². The second-order valence-corrected chi connectivity index (χ2v) is 8.53. The minimum Gasteiger partial charge on any atom is -0.294 e. The van der Waals surface area contributed by atoms with Gasteiger partial charge in [-0.25, -0.2) is 8.42 Å². The number of sulfonamides is 1. The highest BCUT2D eigenvalue weighted by Crippen LogP contribution is 2.42. The second kappa shape index (κ2) is 5.90. The molecule has 2 aromatic carbocycles. The number of benzene rings is 2. The molecule has 0 saturated carbocycles. The Morgan fingerprint density at radius 1 is 0.958 bits per heavy atom. The minimum atomic E-state index is -3.52. The van der Waals surface area contributed by atoms with Crippen LogP contribution in [0.2, 0.25) is 0 Å². The van der Waals surface area contributed by atoms with E-state index in [1.165, 1.54) is 12.8 Å². The van der Waals surface area contributed by atoms with Crippen molar-refractivity contribution in [2.75, 3.05) is 23.9 Å². The van der Waals surface area contributed by atoms with Gasteiger partial charge in [0.2, 0.25) is 0 Å². The molecular formula is C19H22N2O2S. The monoisotopic (exact) mass is 342 g/mol. The molecule has 2 aliphatic heterocycles. The van der Waals surface area contributed by atoms with E-state index in [4.69, 9.17) is 0 Å². The standard InChI is InChI=1S/C19H22N2O2S/c1-15-8-10-16(11-9-15)24(22,23)21-14-19(20-12-4-5-13-20)17-6-2-3-7-18(17)21/h2-3,6-11,19H,4-5,12-14H2,1H3/t19-/m0/s1. The Labute approximate surface area is 143 Å². The molecule has 1 atom stereocenters. The summed E-state index contributed by atoms with van der Waals surface area (Å²) in [6.07, 6.45) is 2.40. The van der Waals surface area contributed by atoms with Gasteiger partial charge in [0.05, 0.1) is 23.2 Å². The van der Waals surface area contributed by atoms with Gasteiger partial charge in [0.15, 0.2) is 0 Å². The van der Waals surface area contributed by atoms with Crippen LogP contribution in [0.1, 0.15) is 30.0 Å². The number of fused-ring (bicyclic) bond motifs is 1. The summed E-state index contributed by atoms with van der Waals surface area (Å²) in [5, 5.41) is 0. The maximum Gasteiger partial charge on any atom is 0.264 e. The van der Waals surface area contributed by atoms with Crippen LogP contribution < -0.4 is 4.31 Å². The van der Waals surface area contributed by atoms with E-state index in [0.717, 1.165) is 29.9 Å². The SMILES string of the molecule is Cc1ccc(S(=O)(=O)N2C[C@H](N3CCCC3)c3ccccc32)cc1. The average Bonchev–Trinajstić information content (AvgIpc) is 3.23. The normalized spacial score (nSPS) is 21.2. The van der Waals surface area contributed by atoms with Crippen LogP contribution in [0.15, 0.2) is 53.4 Å². The Balaban J connectivity index is 1.74. The van der Waals surface area contributed by atoms with Crippen LogP contribution in [0, 0.1) is 6.92 Å². The highest BCUT2D eigenvalue weighted by atomic mass is 32.2. The van der Waals surface area contributed by atoms with Crippen LogP contribution in [0.3, 0.4) is 0 Å². The van der Waals surface area contributed by atoms with Gasteiger partial charge in [0, 0.05) is 0 Å². The van der Waals surface area contributed by atoms with Gasteiger partial charge in [-0.3, -0.25) is 9.21 Å². The zero-order valence-corrected chi connectivity index (χ0v) is 14.7. The molecule has 0 N–H and O–H groups in total. The van der Waals surface area contributed by atoms with Crippen LogP contribution in [-0.4, -0.2) is 33.0 Å². The summed E-state index contributed by atoms with van der Waals surface area (Å²) in [5.74, 6) is 0. The number of para-hydroxylation sites is 1. The fourth-order valence-electron chi connectivity index (χ4n) is 3.78. The lowest BCUT2D eigenvalue weighted by molar-refractivity contribution is 0.261. The van der Waals surface area contributed by atoms with Gasteiger partial charge in [0.1, 0.15) is 0 Å². The van der Waals surface area contributed by atoms with Crippen molar-refractivity contribution in [1.82, 2.24) is 4.90 Å². The predicted octanol–water partition coefficient (Wildman–Crippen LogP) is 3.34. The maximum atomic E-state index is 13.2. The molecule has 0 spiro atoms. The molecule has 0 bridgehead atoms. The first-order chi connectivity index (χ1) is 11.6. The second-order valence-electron chi connectivity index (χ2n) is 6.67. The number of rotatable bonds is 3. The molecule has 0 aliphatic carbocycles. The van der Waals surface area contributed by atoms with Crippen LogP contribution in [0.4, 0.5) is 5.69 Å². The summed E-state index contributed by atoms with van der Waals surface area (Å²) >= 11 is 0. The lowest BCUT2D eigenvalue weighted by atomic mass is 10.1. The highest BCUT2D eigenvalue weighted by Gasteiger charge is 2.39. The van der Waals surface area contributed by atoms with Crippen molar-refractivity contribution in [3.05, 3.63) is 59.7 Å². The Kier molecular flexibility index (Phi) is 3.85. The summed E-state index contributed by atoms with van der Waals surface area (Å²) in [7, 11) is -3.52. The third kappa shape index (κ3) is 2.52. The topological polar surface area (TPSA) is 40.6 Å². The van der Waals surface area contributed by atoms with Gasteiger partial charge in [-0.1, -0.05) is 35.9 Å². The van der Waals surface area contributed by atoms with E-state index in [1.54, 1.807) is 16.4 Å². The number of aryl methyl sites for hydroxylation is 1.